The summed E-state index contributed by atoms with van der Waals surface area (Å²) < 4.78 is 58.1. The molecule has 0 rings (SSSR count). The molecule has 0 aliphatic heterocycles. The van der Waals surface area contributed by atoms with E-state index in [2.05, 4.69) is 0 Å². The molecule has 0 radical (unpaired) electrons. The molecule has 0 atom stereocenters. The summed E-state index contributed by atoms with van der Waals surface area (Å²) in [6, 6.07) is 0. The van der Waals surface area contributed by atoms with Gasteiger partial charge in [0.2, 0.25) is 0 Å². The van der Waals surface area contributed by atoms with E-state index in [1.807, 2.05) is 0 Å². The quantitative estimate of drug-likeness (QED) is 0.204. The number of hydrogen-bond donors (Lipinski definition) is 2. The second kappa shape index (κ2) is 10.3. The van der Waals surface area contributed by atoms with Gasteiger partial charge in [-0.2, -0.15) is 16.8 Å². The Balaban J connectivity index is 0. The molecule has 0 spiro atoms. The normalized spacial score (nSPS) is 12.1. The molecule has 0 unspecified atom stereocenters. The molecule has 0 aliphatic carbocycles. The summed E-state index contributed by atoms with van der Waals surface area (Å²) in [5.74, 6) is 0.615. The molecule has 2 N–H and O–H groups in total. The van der Waals surface area contributed by atoms with E-state index in [1.165, 1.54) is 21.6 Å². The first kappa shape index (κ1) is 20.8. The summed E-state index contributed by atoms with van der Waals surface area (Å²) in [5.41, 5.74) is 0. The number of rotatable bonds is 9. The Kier molecular flexibility index (Phi) is 12.5. The minimum atomic E-state index is -3.88. The zero-order chi connectivity index (χ0) is 12.7. The molecule has 6 nitrogen and oxygen atoms in total. The second-order valence-electron chi connectivity index (χ2n) is 2.92. The van der Waals surface area contributed by atoms with Crippen molar-refractivity contribution in [1.82, 2.24) is 0 Å². The first-order chi connectivity index (χ1) is 7.21. The molecule has 100 valence electrons. The summed E-state index contributed by atoms with van der Waals surface area (Å²) in [6.45, 7) is 0. The summed E-state index contributed by atoms with van der Waals surface area (Å²) in [5, 5.41) is 0. The Morgan fingerprint density at radius 3 is 1.29 bits per heavy atom. The van der Waals surface area contributed by atoms with E-state index in [9.17, 15) is 16.8 Å². The van der Waals surface area contributed by atoms with Crippen LogP contribution >= 0.6 is 21.6 Å². The maximum absolute atomic E-state index is 10.3. The average Bonchev–Trinajstić information content (AvgIpc) is 2.06. The zero-order valence-electron chi connectivity index (χ0n) is 9.11. The van der Waals surface area contributed by atoms with Gasteiger partial charge < -0.3 is 0 Å². The van der Waals surface area contributed by atoms with E-state index in [-0.39, 0.29) is 39.2 Å². The minimum Gasteiger partial charge on any atom is -0.286 e. The summed E-state index contributed by atoms with van der Waals surface area (Å²) in [4.78, 5) is 0. The third-order valence-corrected chi connectivity index (χ3v) is 5.53. The fraction of sp³-hybridized carbons (Fsp3) is 1.00. The number of hydrogen-bond acceptors (Lipinski definition) is 6. The van der Waals surface area contributed by atoms with Crippen molar-refractivity contribution in [3.8, 4) is 0 Å². The Bertz CT molecular complexity index is 339. The molecule has 0 aliphatic rings. The van der Waals surface area contributed by atoms with Gasteiger partial charge in [0.15, 0.2) is 0 Å². The standard InChI is InChI=1S/C6H14O6S4.Hg/c7-15(8,9)5-1-3-13-14-4-2-6-16(10,11)12;/h1-6H2,(H,7,8,9)(H,10,11,12);. The predicted octanol–water partition coefficient (Wildman–Crippen LogP) is 0.921. The van der Waals surface area contributed by atoms with Gasteiger partial charge in [-0.3, -0.25) is 9.11 Å². The molecule has 17 heavy (non-hydrogen) atoms. The van der Waals surface area contributed by atoms with Crippen molar-refractivity contribution in [3.63, 3.8) is 0 Å². The molecular weight excluding hydrogens is 497 g/mol. The van der Waals surface area contributed by atoms with Crippen LogP contribution in [-0.2, 0) is 47.9 Å². The van der Waals surface area contributed by atoms with Crippen LogP contribution in [0.5, 0.6) is 0 Å². The van der Waals surface area contributed by atoms with Crippen molar-refractivity contribution in [1.29, 1.82) is 0 Å². The van der Waals surface area contributed by atoms with Crippen LogP contribution < -0.4 is 0 Å². The van der Waals surface area contributed by atoms with E-state index >= 15 is 0 Å². The molecule has 11 heteroatoms. The Labute approximate surface area is 130 Å². The maximum Gasteiger partial charge on any atom is 0.264 e. The van der Waals surface area contributed by atoms with Crippen LogP contribution in [0.2, 0.25) is 0 Å². The third kappa shape index (κ3) is 20.0. The van der Waals surface area contributed by atoms with E-state index in [4.69, 9.17) is 9.11 Å². The molecule has 0 saturated heterocycles. The molecular formula is C6H14HgO6S4. The SMILES string of the molecule is O=S(=O)(O)CCCSSCCCS(=O)(=O)O.[Hg]. The molecule has 0 aromatic carbocycles. The van der Waals surface area contributed by atoms with E-state index in [0.717, 1.165) is 0 Å². The fourth-order valence-corrected chi connectivity index (χ4v) is 4.28. The monoisotopic (exact) mass is 512 g/mol. The van der Waals surface area contributed by atoms with E-state index in [0.29, 0.717) is 24.3 Å². The van der Waals surface area contributed by atoms with Gasteiger partial charge in [-0.05, 0) is 12.8 Å². The van der Waals surface area contributed by atoms with Crippen LogP contribution in [-0.4, -0.2) is 49.0 Å². The topological polar surface area (TPSA) is 109 Å². The van der Waals surface area contributed by atoms with Gasteiger partial charge in [0.1, 0.15) is 0 Å². The van der Waals surface area contributed by atoms with E-state index < -0.39 is 20.2 Å². The first-order valence-electron chi connectivity index (χ1n) is 4.35. The Hall–Kier alpha value is 1.46. The van der Waals surface area contributed by atoms with Gasteiger partial charge in [-0.1, -0.05) is 21.6 Å². The molecule has 0 aromatic rings. The zero-order valence-corrected chi connectivity index (χ0v) is 17.9. The van der Waals surface area contributed by atoms with Gasteiger partial charge in [0.05, 0.1) is 11.5 Å². The van der Waals surface area contributed by atoms with Crippen LogP contribution in [0, 0.1) is 0 Å². The smallest absolute Gasteiger partial charge is 0.264 e. The second-order valence-corrected chi connectivity index (χ2v) is 8.77. The van der Waals surface area contributed by atoms with Crippen LogP contribution in [0.15, 0.2) is 0 Å². The first-order valence-corrected chi connectivity index (χ1v) is 10.1. The molecule has 0 saturated carbocycles. The molecule has 0 aromatic heterocycles. The van der Waals surface area contributed by atoms with Crippen molar-refractivity contribution in [3.05, 3.63) is 0 Å². The van der Waals surface area contributed by atoms with Crippen LogP contribution in [0.3, 0.4) is 0 Å². The Morgan fingerprint density at radius 2 is 1.06 bits per heavy atom. The van der Waals surface area contributed by atoms with Crippen molar-refractivity contribution in [2.45, 2.75) is 12.8 Å². The van der Waals surface area contributed by atoms with Gasteiger partial charge >= 0.3 is 0 Å². The van der Waals surface area contributed by atoms with Crippen LogP contribution in [0.4, 0.5) is 0 Å². The largest absolute Gasteiger partial charge is 0.286 e. The molecule has 0 amide bonds. The predicted molar refractivity (Wildman–Crippen MR) is 67.0 cm³/mol. The van der Waals surface area contributed by atoms with Crippen molar-refractivity contribution < 1.29 is 53.6 Å². The van der Waals surface area contributed by atoms with Crippen molar-refractivity contribution in [2.24, 2.45) is 0 Å². The van der Waals surface area contributed by atoms with Gasteiger partial charge in [-0.25, -0.2) is 0 Å². The average molecular weight is 511 g/mol. The fourth-order valence-electron chi connectivity index (χ4n) is 0.718. The summed E-state index contributed by atoms with van der Waals surface area (Å²) in [6.07, 6.45) is 0.712. The van der Waals surface area contributed by atoms with E-state index in [1.54, 1.807) is 0 Å². The van der Waals surface area contributed by atoms with Crippen molar-refractivity contribution in [2.75, 3.05) is 23.0 Å². The minimum absolute atomic E-state index is 0. The molecule has 0 fully saturated rings. The van der Waals surface area contributed by atoms with Crippen molar-refractivity contribution >= 4 is 41.8 Å². The summed E-state index contributed by atoms with van der Waals surface area (Å²) >= 11 is 0. The van der Waals surface area contributed by atoms with Gasteiger partial charge in [0, 0.05) is 39.2 Å². The van der Waals surface area contributed by atoms with Crippen LogP contribution in [0.1, 0.15) is 12.8 Å². The third-order valence-electron chi connectivity index (χ3n) is 1.34. The van der Waals surface area contributed by atoms with Gasteiger partial charge in [-0.15, -0.1) is 0 Å². The van der Waals surface area contributed by atoms with Gasteiger partial charge in [0.25, 0.3) is 20.2 Å². The molecule has 0 bridgehead atoms. The Morgan fingerprint density at radius 1 is 0.765 bits per heavy atom. The maximum atomic E-state index is 10.3. The van der Waals surface area contributed by atoms with Crippen LogP contribution in [0.25, 0.3) is 0 Å². The summed E-state index contributed by atoms with van der Waals surface area (Å²) in [7, 11) is -4.93. The molecule has 0 heterocycles.